The molecule has 0 saturated carbocycles. The van der Waals surface area contributed by atoms with Crippen molar-refractivity contribution < 1.29 is 13.2 Å². The monoisotopic (exact) mass is 489 g/mol. The van der Waals surface area contributed by atoms with Crippen LogP contribution in [0.4, 0.5) is 11.4 Å². The SMILES string of the molecule is O=C(CN(Cc1ccccc1)S(=O)(=O)C=Cc1ccccc1)Nc1ccc(N2CCCCC2)cc1. The van der Waals surface area contributed by atoms with Crippen molar-refractivity contribution in [2.75, 3.05) is 29.9 Å². The first kappa shape index (κ1) is 24.7. The van der Waals surface area contributed by atoms with Gasteiger partial charge in [0.2, 0.25) is 15.9 Å². The van der Waals surface area contributed by atoms with E-state index in [4.69, 9.17) is 0 Å². The van der Waals surface area contributed by atoms with E-state index in [-0.39, 0.29) is 19.0 Å². The number of benzene rings is 3. The van der Waals surface area contributed by atoms with Gasteiger partial charge in [0.05, 0.1) is 6.54 Å². The fraction of sp³-hybridized carbons (Fsp3) is 0.250. The summed E-state index contributed by atoms with van der Waals surface area (Å²) in [5.41, 5.74) is 3.37. The largest absolute Gasteiger partial charge is 0.372 e. The molecule has 0 unspecified atom stereocenters. The average molecular weight is 490 g/mol. The van der Waals surface area contributed by atoms with Crippen LogP contribution < -0.4 is 10.2 Å². The summed E-state index contributed by atoms with van der Waals surface area (Å²) in [6.45, 7) is 1.91. The Bertz CT molecular complexity index is 1220. The molecule has 182 valence electrons. The second kappa shape index (κ2) is 11.8. The first-order valence-corrected chi connectivity index (χ1v) is 13.4. The van der Waals surface area contributed by atoms with E-state index < -0.39 is 10.0 Å². The second-order valence-electron chi connectivity index (χ2n) is 8.65. The van der Waals surface area contributed by atoms with Gasteiger partial charge in [-0.05, 0) is 60.7 Å². The van der Waals surface area contributed by atoms with Crippen LogP contribution in [-0.2, 0) is 21.4 Å². The zero-order valence-electron chi connectivity index (χ0n) is 19.7. The molecule has 3 aromatic rings. The maximum Gasteiger partial charge on any atom is 0.239 e. The van der Waals surface area contributed by atoms with Gasteiger partial charge in [-0.1, -0.05) is 60.7 Å². The first-order valence-electron chi connectivity index (χ1n) is 11.9. The highest BCUT2D eigenvalue weighted by atomic mass is 32.2. The molecule has 0 radical (unpaired) electrons. The number of rotatable bonds is 9. The van der Waals surface area contributed by atoms with Gasteiger partial charge in [-0.2, -0.15) is 4.31 Å². The molecular weight excluding hydrogens is 458 g/mol. The molecule has 0 bridgehead atoms. The lowest BCUT2D eigenvalue weighted by molar-refractivity contribution is -0.116. The van der Waals surface area contributed by atoms with Crippen LogP contribution in [0.25, 0.3) is 6.08 Å². The van der Waals surface area contributed by atoms with E-state index in [1.54, 1.807) is 6.08 Å². The van der Waals surface area contributed by atoms with Crippen molar-refractivity contribution in [3.05, 3.63) is 101 Å². The predicted octanol–water partition coefficient (Wildman–Crippen LogP) is 5.12. The Kier molecular flexibility index (Phi) is 8.34. The Morgan fingerprint density at radius 2 is 1.49 bits per heavy atom. The summed E-state index contributed by atoms with van der Waals surface area (Å²) in [5.74, 6) is -0.386. The molecule has 1 heterocycles. The quantitative estimate of drug-likeness (QED) is 0.453. The van der Waals surface area contributed by atoms with Crippen LogP contribution in [0.5, 0.6) is 0 Å². The van der Waals surface area contributed by atoms with E-state index in [1.807, 2.05) is 84.9 Å². The topological polar surface area (TPSA) is 69.7 Å². The van der Waals surface area contributed by atoms with Crippen molar-refractivity contribution in [2.45, 2.75) is 25.8 Å². The maximum absolute atomic E-state index is 13.2. The number of nitrogens with one attached hydrogen (secondary N) is 1. The van der Waals surface area contributed by atoms with Crippen LogP contribution in [0.1, 0.15) is 30.4 Å². The molecule has 0 spiro atoms. The number of sulfonamides is 1. The minimum absolute atomic E-state index is 0.101. The fourth-order valence-electron chi connectivity index (χ4n) is 4.11. The van der Waals surface area contributed by atoms with Gasteiger partial charge >= 0.3 is 0 Å². The van der Waals surface area contributed by atoms with Crippen LogP contribution in [0, 0.1) is 0 Å². The van der Waals surface area contributed by atoms with Crippen LogP contribution in [0.3, 0.4) is 0 Å². The van der Waals surface area contributed by atoms with E-state index in [0.29, 0.717) is 5.69 Å². The van der Waals surface area contributed by atoms with Crippen LogP contribution >= 0.6 is 0 Å². The number of anilines is 2. The summed E-state index contributed by atoms with van der Waals surface area (Å²) < 4.78 is 27.5. The molecule has 0 aromatic heterocycles. The van der Waals surface area contributed by atoms with E-state index in [0.717, 1.165) is 35.3 Å². The molecule has 1 aliphatic heterocycles. The van der Waals surface area contributed by atoms with Crippen molar-refractivity contribution in [3.8, 4) is 0 Å². The number of amides is 1. The Balaban J connectivity index is 1.46. The molecule has 1 aliphatic rings. The van der Waals surface area contributed by atoms with Gasteiger partial charge in [-0.25, -0.2) is 8.42 Å². The first-order chi connectivity index (χ1) is 17.0. The molecule has 7 heteroatoms. The number of nitrogens with zero attached hydrogens (tertiary/aromatic N) is 2. The minimum Gasteiger partial charge on any atom is -0.372 e. The molecule has 1 amide bonds. The summed E-state index contributed by atoms with van der Waals surface area (Å²) >= 11 is 0. The lowest BCUT2D eigenvalue weighted by Gasteiger charge is -2.28. The van der Waals surface area contributed by atoms with Crippen molar-refractivity contribution in [1.29, 1.82) is 0 Å². The van der Waals surface area contributed by atoms with Crippen molar-refractivity contribution in [1.82, 2.24) is 4.31 Å². The molecule has 3 aromatic carbocycles. The number of carbonyl (C=O) groups excluding carboxylic acids is 1. The van der Waals surface area contributed by atoms with Gasteiger partial charge in [0.15, 0.2) is 0 Å². The van der Waals surface area contributed by atoms with Gasteiger partial charge in [-0.3, -0.25) is 4.79 Å². The van der Waals surface area contributed by atoms with Crippen LogP contribution in [-0.4, -0.2) is 38.3 Å². The summed E-state index contributed by atoms with van der Waals surface area (Å²) in [5, 5.41) is 4.01. The van der Waals surface area contributed by atoms with Crippen molar-refractivity contribution in [3.63, 3.8) is 0 Å². The zero-order chi connectivity index (χ0) is 24.5. The fourth-order valence-corrected chi connectivity index (χ4v) is 5.23. The van der Waals surface area contributed by atoms with Gasteiger partial charge < -0.3 is 10.2 Å². The number of hydrogen-bond acceptors (Lipinski definition) is 4. The van der Waals surface area contributed by atoms with E-state index in [1.165, 1.54) is 23.6 Å². The Labute approximate surface area is 207 Å². The highest BCUT2D eigenvalue weighted by Gasteiger charge is 2.23. The molecule has 35 heavy (non-hydrogen) atoms. The molecular formula is C28H31N3O3S. The highest BCUT2D eigenvalue weighted by molar-refractivity contribution is 7.92. The van der Waals surface area contributed by atoms with E-state index >= 15 is 0 Å². The highest BCUT2D eigenvalue weighted by Crippen LogP contribution is 2.22. The van der Waals surface area contributed by atoms with E-state index in [9.17, 15) is 13.2 Å². The Hall–Kier alpha value is -3.42. The normalized spacial score (nSPS) is 14.4. The molecule has 0 aliphatic carbocycles. The standard InChI is InChI=1S/C28H31N3O3S/c32-28(29-26-14-16-27(17-15-26)30-19-8-3-9-20-30)23-31(22-25-12-6-2-7-13-25)35(33,34)21-18-24-10-4-1-5-11-24/h1-2,4-7,10-18,21H,3,8-9,19-20,22-23H2,(H,29,32). The summed E-state index contributed by atoms with van der Waals surface area (Å²) in [7, 11) is -3.84. The summed E-state index contributed by atoms with van der Waals surface area (Å²) in [6, 6.07) is 26.2. The van der Waals surface area contributed by atoms with Crippen molar-refractivity contribution >= 4 is 33.4 Å². The number of hydrogen-bond donors (Lipinski definition) is 1. The second-order valence-corrected chi connectivity index (χ2v) is 10.5. The lowest BCUT2D eigenvalue weighted by Crippen LogP contribution is -2.36. The third-order valence-electron chi connectivity index (χ3n) is 5.99. The minimum atomic E-state index is -3.84. The number of carbonyl (C=O) groups is 1. The average Bonchev–Trinajstić information content (AvgIpc) is 2.89. The van der Waals surface area contributed by atoms with Gasteiger partial charge in [0.1, 0.15) is 0 Å². The molecule has 6 nitrogen and oxygen atoms in total. The summed E-state index contributed by atoms with van der Waals surface area (Å²) in [4.78, 5) is 15.2. The Morgan fingerprint density at radius 3 is 2.14 bits per heavy atom. The molecule has 1 fully saturated rings. The third kappa shape index (κ3) is 7.28. The molecule has 0 atom stereocenters. The smallest absolute Gasteiger partial charge is 0.239 e. The third-order valence-corrected chi connectivity index (χ3v) is 7.44. The molecule has 1 saturated heterocycles. The Morgan fingerprint density at radius 1 is 0.857 bits per heavy atom. The predicted molar refractivity (Wildman–Crippen MR) is 142 cm³/mol. The van der Waals surface area contributed by atoms with Gasteiger partial charge in [0, 0.05) is 36.4 Å². The van der Waals surface area contributed by atoms with Gasteiger partial charge in [-0.15, -0.1) is 0 Å². The van der Waals surface area contributed by atoms with E-state index in [2.05, 4.69) is 10.2 Å². The van der Waals surface area contributed by atoms with Gasteiger partial charge in [0.25, 0.3) is 0 Å². The number of piperidine rings is 1. The van der Waals surface area contributed by atoms with Crippen molar-refractivity contribution in [2.24, 2.45) is 0 Å². The molecule has 1 N–H and O–H groups in total. The summed E-state index contributed by atoms with van der Waals surface area (Å²) in [6.07, 6.45) is 5.21. The lowest BCUT2D eigenvalue weighted by atomic mass is 10.1. The molecule has 4 rings (SSSR count). The van der Waals surface area contributed by atoms with Crippen LogP contribution in [0.15, 0.2) is 90.3 Å². The van der Waals surface area contributed by atoms with Crippen LogP contribution in [0.2, 0.25) is 0 Å². The zero-order valence-corrected chi connectivity index (χ0v) is 20.5. The maximum atomic E-state index is 13.2.